The van der Waals surface area contributed by atoms with Crippen LogP contribution >= 0.6 is 0 Å². The molecule has 7 nitrogen and oxygen atoms in total. The zero-order chi connectivity index (χ0) is 12.2. The molecule has 1 saturated heterocycles. The monoisotopic (exact) mass is 252 g/mol. The molecule has 1 rings (SSSR count). The Labute approximate surface area is 94.6 Å². The Kier molecular flexibility index (Phi) is 4.51. The molecule has 1 amide bonds. The highest BCUT2D eigenvalue weighted by Crippen LogP contribution is 2.06. The largest absolute Gasteiger partial charge is 0.447 e. The van der Waals surface area contributed by atoms with Gasteiger partial charge in [0.1, 0.15) is 6.61 Å². The molecule has 0 radical (unpaired) electrons. The molecule has 0 aromatic heterocycles. The van der Waals surface area contributed by atoms with Crippen molar-refractivity contribution in [1.29, 1.82) is 0 Å². The third-order valence-corrected chi connectivity index (χ3v) is 3.59. The summed E-state index contributed by atoms with van der Waals surface area (Å²) in [5, 5.41) is 8.48. The van der Waals surface area contributed by atoms with Gasteiger partial charge in [-0.15, -0.1) is 0 Å². The molecule has 1 aliphatic heterocycles. The van der Waals surface area contributed by atoms with Crippen molar-refractivity contribution < 1.29 is 23.1 Å². The van der Waals surface area contributed by atoms with Gasteiger partial charge in [-0.3, -0.25) is 0 Å². The molecule has 0 atom stereocenters. The fourth-order valence-corrected chi connectivity index (χ4v) is 2.25. The minimum Gasteiger partial charge on any atom is -0.447 e. The summed E-state index contributed by atoms with van der Waals surface area (Å²) in [6, 6.07) is 0. The number of rotatable bonds is 3. The van der Waals surface area contributed by atoms with Gasteiger partial charge in [-0.1, -0.05) is 0 Å². The molecule has 16 heavy (non-hydrogen) atoms. The van der Waals surface area contributed by atoms with E-state index in [-0.39, 0.29) is 26.3 Å². The van der Waals surface area contributed by atoms with Gasteiger partial charge in [0.25, 0.3) is 0 Å². The lowest BCUT2D eigenvalue weighted by atomic mass is 10.4. The van der Waals surface area contributed by atoms with Crippen molar-refractivity contribution in [3.05, 3.63) is 0 Å². The van der Waals surface area contributed by atoms with Crippen LogP contribution in [0.3, 0.4) is 0 Å². The van der Waals surface area contributed by atoms with Gasteiger partial charge in [0.15, 0.2) is 0 Å². The molecule has 0 bridgehead atoms. The average molecular weight is 252 g/mol. The number of carbonyl (C=O) groups excluding carboxylic acids is 1. The number of nitrogens with zero attached hydrogens (tertiary/aromatic N) is 2. The maximum absolute atomic E-state index is 11.3. The minimum absolute atomic E-state index is 0.0366. The zero-order valence-corrected chi connectivity index (χ0v) is 9.94. The predicted octanol–water partition coefficient (Wildman–Crippen LogP) is -1.31. The Morgan fingerprint density at radius 3 is 2.31 bits per heavy atom. The van der Waals surface area contributed by atoms with Crippen LogP contribution in [-0.4, -0.2) is 74.5 Å². The van der Waals surface area contributed by atoms with Crippen LogP contribution in [0.1, 0.15) is 0 Å². The van der Waals surface area contributed by atoms with Crippen molar-refractivity contribution in [3.63, 3.8) is 0 Å². The summed E-state index contributed by atoms with van der Waals surface area (Å²) in [6.45, 7) is 0.953. The normalized spacial score (nSPS) is 18.5. The molecule has 0 aromatic carbocycles. The van der Waals surface area contributed by atoms with Crippen molar-refractivity contribution in [3.8, 4) is 0 Å². The van der Waals surface area contributed by atoms with E-state index in [4.69, 9.17) is 9.84 Å². The van der Waals surface area contributed by atoms with Gasteiger partial charge in [-0.2, -0.15) is 4.31 Å². The van der Waals surface area contributed by atoms with E-state index < -0.39 is 16.1 Å². The average Bonchev–Trinajstić information content (AvgIpc) is 2.25. The molecule has 94 valence electrons. The summed E-state index contributed by atoms with van der Waals surface area (Å²) in [5.74, 6) is 0. The van der Waals surface area contributed by atoms with E-state index in [9.17, 15) is 13.2 Å². The van der Waals surface area contributed by atoms with Crippen LogP contribution in [0.25, 0.3) is 0 Å². The summed E-state index contributed by atoms with van der Waals surface area (Å²) >= 11 is 0. The van der Waals surface area contributed by atoms with E-state index in [2.05, 4.69) is 0 Å². The van der Waals surface area contributed by atoms with Crippen molar-refractivity contribution >= 4 is 16.1 Å². The number of sulfonamides is 1. The number of aliphatic hydroxyl groups excluding tert-OH is 1. The van der Waals surface area contributed by atoms with E-state index in [1.807, 2.05) is 0 Å². The van der Waals surface area contributed by atoms with E-state index >= 15 is 0 Å². The second kappa shape index (κ2) is 5.46. The molecular formula is C8H16N2O5S. The molecule has 1 heterocycles. The Bertz CT molecular complexity index is 334. The number of amides is 1. The van der Waals surface area contributed by atoms with Crippen LogP contribution in [0, 0.1) is 0 Å². The molecule has 0 saturated carbocycles. The Hall–Kier alpha value is -0.860. The van der Waals surface area contributed by atoms with Gasteiger partial charge >= 0.3 is 6.09 Å². The Balaban J connectivity index is 2.40. The highest BCUT2D eigenvalue weighted by molar-refractivity contribution is 7.88. The van der Waals surface area contributed by atoms with Crippen molar-refractivity contribution in [2.75, 3.05) is 45.6 Å². The van der Waals surface area contributed by atoms with Crippen LogP contribution in [0.15, 0.2) is 0 Å². The molecule has 0 unspecified atom stereocenters. The van der Waals surface area contributed by atoms with E-state index in [0.717, 1.165) is 6.26 Å². The van der Waals surface area contributed by atoms with Gasteiger partial charge < -0.3 is 14.7 Å². The van der Waals surface area contributed by atoms with Crippen LogP contribution < -0.4 is 0 Å². The third kappa shape index (κ3) is 3.62. The SMILES string of the molecule is CS(=O)(=O)N1CCN(C(=O)OCCO)CC1. The van der Waals surface area contributed by atoms with Gasteiger partial charge in [0.2, 0.25) is 10.0 Å². The lowest BCUT2D eigenvalue weighted by Gasteiger charge is -2.32. The second-order valence-corrected chi connectivity index (χ2v) is 5.47. The third-order valence-electron chi connectivity index (χ3n) is 2.28. The predicted molar refractivity (Wildman–Crippen MR) is 56.4 cm³/mol. The topological polar surface area (TPSA) is 87.2 Å². The highest BCUT2D eigenvalue weighted by Gasteiger charge is 2.26. The fourth-order valence-electron chi connectivity index (χ4n) is 1.43. The van der Waals surface area contributed by atoms with Gasteiger partial charge in [-0.25, -0.2) is 13.2 Å². The van der Waals surface area contributed by atoms with Crippen LogP contribution in [-0.2, 0) is 14.8 Å². The zero-order valence-electron chi connectivity index (χ0n) is 9.13. The van der Waals surface area contributed by atoms with Crippen molar-refractivity contribution in [2.45, 2.75) is 0 Å². The van der Waals surface area contributed by atoms with Crippen molar-refractivity contribution in [2.24, 2.45) is 0 Å². The summed E-state index contributed by atoms with van der Waals surface area (Å²) in [5.41, 5.74) is 0. The molecule has 1 N–H and O–H groups in total. The lowest BCUT2D eigenvalue weighted by molar-refractivity contribution is 0.0743. The van der Waals surface area contributed by atoms with Crippen molar-refractivity contribution in [1.82, 2.24) is 9.21 Å². The summed E-state index contributed by atoms with van der Waals surface area (Å²) < 4.78 is 28.4. The molecule has 0 spiro atoms. The number of hydrogen-bond acceptors (Lipinski definition) is 5. The van der Waals surface area contributed by atoms with E-state index in [0.29, 0.717) is 13.1 Å². The molecule has 0 aliphatic carbocycles. The van der Waals surface area contributed by atoms with Crippen LogP contribution in [0.2, 0.25) is 0 Å². The van der Waals surface area contributed by atoms with E-state index in [1.54, 1.807) is 0 Å². The molecule has 1 aliphatic rings. The highest BCUT2D eigenvalue weighted by atomic mass is 32.2. The maximum atomic E-state index is 11.3. The van der Waals surface area contributed by atoms with E-state index in [1.165, 1.54) is 9.21 Å². The fraction of sp³-hybridized carbons (Fsp3) is 0.875. The number of hydrogen-bond donors (Lipinski definition) is 1. The summed E-state index contributed by atoms with van der Waals surface area (Å²) in [4.78, 5) is 12.8. The smallest absolute Gasteiger partial charge is 0.409 e. The first-order chi connectivity index (χ1) is 7.45. The van der Waals surface area contributed by atoms with Crippen LogP contribution in [0.5, 0.6) is 0 Å². The first kappa shape index (κ1) is 13.2. The number of ether oxygens (including phenoxy) is 1. The lowest BCUT2D eigenvalue weighted by Crippen LogP contribution is -2.50. The van der Waals surface area contributed by atoms with Gasteiger partial charge in [0, 0.05) is 26.2 Å². The number of aliphatic hydroxyl groups is 1. The number of carbonyl (C=O) groups is 1. The molecule has 8 heteroatoms. The second-order valence-electron chi connectivity index (χ2n) is 3.49. The summed E-state index contributed by atoms with van der Waals surface area (Å²) in [7, 11) is -3.18. The quantitative estimate of drug-likeness (QED) is 0.674. The first-order valence-corrected chi connectivity index (χ1v) is 6.77. The Morgan fingerprint density at radius 1 is 1.31 bits per heavy atom. The minimum atomic E-state index is -3.18. The number of piperazine rings is 1. The van der Waals surface area contributed by atoms with Gasteiger partial charge in [0.05, 0.1) is 12.9 Å². The molecule has 0 aromatic rings. The Morgan fingerprint density at radius 2 is 1.88 bits per heavy atom. The first-order valence-electron chi connectivity index (χ1n) is 4.93. The standard InChI is InChI=1S/C8H16N2O5S/c1-16(13,14)10-4-2-9(3-5-10)8(12)15-7-6-11/h11H,2-7H2,1H3. The maximum Gasteiger partial charge on any atom is 0.409 e. The van der Waals surface area contributed by atoms with Gasteiger partial charge in [-0.05, 0) is 0 Å². The molecular weight excluding hydrogens is 236 g/mol. The summed E-state index contributed by atoms with van der Waals surface area (Å²) in [6.07, 6.45) is 0.634. The molecule has 1 fully saturated rings. The van der Waals surface area contributed by atoms with Crippen LogP contribution in [0.4, 0.5) is 4.79 Å².